The number of rotatable bonds is 5. The zero-order valence-electron chi connectivity index (χ0n) is 12.5. The molecule has 1 heterocycles. The molecule has 0 spiro atoms. The fourth-order valence-electron chi connectivity index (χ4n) is 2.72. The lowest BCUT2D eigenvalue weighted by Gasteiger charge is -2.08. The molecule has 2 rings (SSSR count). The minimum Gasteiger partial charge on any atom is -0.481 e. The number of hydrogen-bond donors (Lipinski definition) is 2. The number of carboxylic acids is 1. The zero-order chi connectivity index (χ0) is 15.9. The van der Waals surface area contributed by atoms with Gasteiger partial charge in [0.15, 0.2) is 0 Å². The highest BCUT2D eigenvalue weighted by Crippen LogP contribution is 2.36. The predicted octanol–water partition coefficient (Wildman–Crippen LogP) is 3.47. The summed E-state index contributed by atoms with van der Waals surface area (Å²) in [4.78, 5) is 23.6. The smallest absolute Gasteiger partial charge is 0.303 e. The summed E-state index contributed by atoms with van der Waals surface area (Å²) in [6.45, 7) is 0. The summed E-state index contributed by atoms with van der Waals surface area (Å²) in [7, 11) is 0. The van der Waals surface area contributed by atoms with Gasteiger partial charge >= 0.3 is 5.97 Å². The normalized spacial score (nSPS) is 14.3. The number of fused-ring (bicyclic) bond motifs is 1. The van der Waals surface area contributed by atoms with Crippen LogP contribution in [0, 0.1) is 11.3 Å². The Balaban J connectivity index is 2.07. The van der Waals surface area contributed by atoms with Crippen molar-refractivity contribution in [2.24, 2.45) is 0 Å². The molecule has 1 aliphatic rings. The van der Waals surface area contributed by atoms with E-state index in [0.717, 1.165) is 31.2 Å². The Labute approximate surface area is 134 Å². The molecule has 1 aromatic rings. The van der Waals surface area contributed by atoms with Crippen LogP contribution in [-0.2, 0) is 22.4 Å². The van der Waals surface area contributed by atoms with E-state index in [4.69, 9.17) is 5.11 Å². The largest absolute Gasteiger partial charge is 0.481 e. The average Bonchev–Trinajstić information content (AvgIpc) is 2.74. The number of nitrogens with one attached hydrogen (secondary N) is 1. The highest BCUT2D eigenvalue weighted by atomic mass is 32.1. The highest BCUT2D eigenvalue weighted by Gasteiger charge is 2.20. The number of carbonyl (C=O) groups is 2. The van der Waals surface area contributed by atoms with Crippen molar-refractivity contribution < 1.29 is 14.7 Å². The second-order valence-electron chi connectivity index (χ2n) is 5.53. The monoisotopic (exact) mass is 320 g/mol. The van der Waals surface area contributed by atoms with E-state index in [1.807, 2.05) is 0 Å². The van der Waals surface area contributed by atoms with Crippen molar-refractivity contribution in [3.05, 3.63) is 16.0 Å². The van der Waals surface area contributed by atoms with Crippen molar-refractivity contribution in [3.63, 3.8) is 0 Å². The second kappa shape index (κ2) is 7.95. The van der Waals surface area contributed by atoms with Gasteiger partial charge < -0.3 is 10.4 Å². The first-order valence-corrected chi connectivity index (χ1v) is 8.49. The zero-order valence-corrected chi connectivity index (χ0v) is 13.3. The first-order chi connectivity index (χ1) is 10.6. The average molecular weight is 320 g/mol. The van der Waals surface area contributed by atoms with Crippen LogP contribution in [0.5, 0.6) is 0 Å². The van der Waals surface area contributed by atoms with E-state index in [2.05, 4.69) is 11.4 Å². The first-order valence-electron chi connectivity index (χ1n) is 7.68. The quantitative estimate of drug-likeness (QED) is 0.869. The van der Waals surface area contributed by atoms with Crippen molar-refractivity contribution in [1.29, 1.82) is 5.26 Å². The molecule has 1 aromatic heterocycles. The standard InChI is InChI=1S/C16H20N2O3S/c17-10-12-11-6-3-1-2-4-7-13(11)22-16(12)18-14(19)8-5-9-15(20)21/h1-9H2,(H,18,19)(H,20,21). The molecule has 0 atom stereocenters. The van der Waals surface area contributed by atoms with Crippen molar-refractivity contribution in [3.8, 4) is 6.07 Å². The maximum absolute atomic E-state index is 11.9. The molecule has 22 heavy (non-hydrogen) atoms. The van der Waals surface area contributed by atoms with Gasteiger partial charge in [0.2, 0.25) is 5.91 Å². The van der Waals surface area contributed by atoms with Gasteiger partial charge in [0.05, 0.1) is 5.56 Å². The summed E-state index contributed by atoms with van der Waals surface area (Å²) in [5.74, 6) is -1.11. The molecule has 6 heteroatoms. The Morgan fingerprint density at radius 3 is 2.59 bits per heavy atom. The third kappa shape index (κ3) is 4.31. The molecule has 118 valence electrons. The Hall–Kier alpha value is -1.87. The lowest BCUT2D eigenvalue weighted by molar-refractivity contribution is -0.137. The molecule has 1 amide bonds. The van der Waals surface area contributed by atoms with Gasteiger partial charge in [-0.05, 0) is 37.7 Å². The van der Waals surface area contributed by atoms with Crippen LogP contribution in [0.25, 0.3) is 0 Å². The number of anilines is 1. The molecule has 0 aromatic carbocycles. The molecule has 0 bridgehead atoms. The van der Waals surface area contributed by atoms with E-state index in [1.165, 1.54) is 29.1 Å². The van der Waals surface area contributed by atoms with E-state index in [0.29, 0.717) is 17.0 Å². The maximum Gasteiger partial charge on any atom is 0.303 e. The lowest BCUT2D eigenvalue weighted by atomic mass is 9.97. The van der Waals surface area contributed by atoms with E-state index < -0.39 is 5.97 Å². The summed E-state index contributed by atoms with van der Waals surface area (Å²) in [6, 6.07) is 2.23. The van der Waals surface area contributed by atoms with Gasteiger partial charge in [0.1, 0.15) is 11.1 Å². The first kappa shape index (κ1) is 16.5. The van der Waals surface area contributed by atoms with Crippen molar-refractivity contribution in [2.45, 2.75) is 57.8 Å². The molecular weight excluding hydrogens is 300 g/mol. The Bertz CT molecular complexity index is 601. The Morgan fingerprint density at radius 1 is 1.18 bits per heavy atom. The predicted molar refractivity (Wildman–Crippen MR) is 85.0 cm³/mol. The molecular formula is C16H20N2O3S. The summed E-state index contributed by atoms with van der Waals surface area (Å²) in [5.41, 5.74) is 1.71. The highest BCUT2D eigenvalue weighted by molar-refractivity contribution is 7.16. The lowest BCUT2D eigenvalue weighted by Crippen LogP contribution is -2.11. The van der Waals surface area contributed by atoms with Gasteiger partial charge in [-0.3, -0.25) is 9.59 Å². The van der Waals surface area contributed by atoms with Gasteiger partial charge in [0, 0.05) is 17.7 Å². The van der Waals surface area contributed by atoms with Crippen molar-refractivity contribution >= 4 is 28.2 Å². The van der Waals surface area contributed by atoms with Gasteiger partial charge in [-0.25, -0.2) is 0 Å². The van der Waals surface area contributed by atoms with Crippen LogP contribution in [0.4, 0.5) is 5.00 Å². The molecule has 0 fully saturated rings. The van der Waals surface area contributed by atoms with Crippen LogP contribution >= 0.6 is 11.3 Å². The minimum absolute atomic E-state index is 0.0144. The summed E-state index contributed by atoms with van der Waals surface area (Å²) < 4.78 is 0. The van der Waals surface area contributed by atoms with E-state index in [-0.39, 0.29) is 18.7 Å². The molecule has 0 aliphatic heterocycles. The summed E-state index contributed by atoms with van der Waals surface area (Å²) in [6.07, 6.45) is 6.97. The van der Waals surface area contributed by atoms with Crippen LogP contribution in [0.15, 0.2) is 0 Å². The fraction of sp³-hybridized carbons (Fsp3) is 0.562. The Morgan fingerprint density at radius 2 is 1.91 bits per heavy atom. The van der Waals surface area contributed by atoms with Gasteiger partial charge in [-0.15, -0.1) is 11.3 Å². The van der Waals surface area contributed by atoms with Crippen molar-refractivity contribution in [1.82, 2.24) is 0 Å². The molecule has 0 saturated heterocycles. The Kier molecular flexibility index (Phi) is 5.96. The van der Waals surface area contributed by atoms with Crippen LogP contribution in [0.2, 0.25) is 0 Å². The van der Waals surface area contributed by atoms with Crippen molar-refractivity contribution in [2.75, 3.05) is 5.32 Å². The van der Waals surface area contributed by atoms with Crippen LogP contribution in [-0.4, -0.2) is 17.0 Å². The minimum atomic E-state index is -0.899. The molecule has 5 nitrogen and oxygen atoms in total. The fourth-order valence-corrected chi connectivity index (χ4v) is 3.97. The molecule has 0 unspecified atom stereocenters. The maximum atomic E-state index is 11.9. The summed E-state index contributed by atoms with van der Waals surface area (Å²) >= 11 is 1.51. The van der Waals surface area contributed by atoms with Gasteiger partial charge in [-0.2, -0.15) is 5.26 Å². The van der Waals surface area contributed by atoms with Crippen LogP contribution in [0.1, 0.15) is 60.9 Å². The van der Waals surface area contributed by atoms with Crippen LogP contribution in [0.3, 0.4) is 0 Å². The molecule has 1 aliphatic carbocycles. The second-order valence-corrected chi connectivity index (χ2v) is 6.63. The number of carbonyl (C=O) groups excluding carboxylic acids is 1. The molecule has 0 radical (unpaired) electrons. The SMILES string of the molecule is N#Cc1c(NC(=O)CCCC(=O)O)sc2c1CCCCCC2. The van der Waals surface area contributed by atoms with E-state index >= 15 is 0 Å². The number of aryl methyl sites for hydroxylation is 1. The third-order valence-corrected chi connectivity index (χ3v) is 5.04. The number of hydrogen-bond acceptors (Lipinski definition) is 4. The number of thiophene rings is 1. The number of aliphatic carboxylic acids is 1. The summed E-state index contributed by atoms with van der Waals surface area (Å²) in [5, 5.41) is 21.4. The number of amides is 1. The van der Waals surface area contributed by atoms with Gasteiger partial charge in [-0.1, -0.05) is 12.8 Å². The molecule has 0 saturated carbocycles. The number of carboxylic acid groups (broad SMARTS) is 1. The number of nitriles is 1. The van der Waals surface area contributed by atoms with E-state index in [1.54, 1.807) is 0 Å². The number of nitrogens with zero attached hydrogens (tertiary/aromatic N) is 1. The third-order valence-electron chi connectivity index (χ3n) is 3.83. The van der Waals surface area contributed by atoms with E-state index in [9.17, 15) is 14.9 Å². The van der Waals surface area contributed by atoms with Crippen LogP contribution < -0.4 is 5.32 Å². The van der Waals surface area contributed by atoms with Gasteiger partial charge in [0.25, 0.3) is 0 Å². The molecule has 2 N–H and O–H groups in total. The topological polar surface area (TPSA) is 90.2 Å².